The third kappa shape index (κ3) is 24.4. The number of rotatable bonds is 33. The predicted molar refractivity (Wildman–Crippen MR) is 202 cm³/mol. The van der Waals surface area contributed by atoms with E-state index in [4.69, 9.17) is 19.1 Å². The van der Waals surface area contributed by atoms with E-state index in [9.17, 15) is 39.2 Å². The summed E-state index contributed by atoms with van der Waals surface area (Å²) in [7, 11) is -4.67. The summed E-state index contributed by atoms with van der Waals surface area (Å²) >= 11 is 0. The Morgan fingerprint density at radius 2 is 1.45 bits per heavy atom. The maximum absolute atomic E-state index is 12.6. The minimum absolute atomic E-state index is 0.00954. The van der Waals surface area contributed by atoms with E-state index in [0.717, 1.165) is 63.7 Å². The van der Waals surface area contributed by atoms with Gasteiger partial charge in [-0.25, -0.2) is 4.57 Å². The van der Waals surface area contributed by atoms with Gasteiger partial charge >= 0.3 is 19.8 Å². The number of ether oxygens (including phenoxy) is 2. The molecule has 14 heteroatoms. The number of aliphatic hydroxyl groups is 4. The highest BCUT2D eigenvalue weighted by Gasteiger charge is 2.39. The molecule has 5 N–H and O–H groups in total. The third-order valence-electron chi connectivity index (χ3n) is 9.87. The number of allylic oxidation sites excluding steroid dienone is 1. The fourth-order valence-electron chi connectivity index (χ4n) is 6.28. The molecule has 1 fully saturated rings. The van der Waals surface area contributed by atoms with E-state index in [1.807, 2.05) is 0 Å². The smallest absolute Gasteiger partial charge is 0.462 e. The van der Waals surface area contributed by atoms with E-state index in [-0.39, 0.29) is 31.0 Å². The average molecular weight is 779 g/mol. The maximum atomic E-state index is 12.6. The zero-order chi connectivity index (χ0) is 39.5. The van der Waals surface area contributed by atoms with Gasteiger partial charge in [-0.15, -0.1) is 0 Å². The summed E-state index contributed by atoms with van der Waals surface area (Å²) in [5.41, 5.74) is 0. The summed E-state index contributed by atoms with van der Waals surface area (Å²) in [6.45, 7) is 4.24. The monoisotopic (exact) mass is 778 g/mol. The lowest BCUT2D eigenvalue weighted by molar-refractivity contribution is -0.161. The number of hydrogen-bond acceptors (Lipinski definition) is 12. The number of aliphatic hydroxyl groups excluding tert-OH is 4. The van der Waals surface area contributed by atoms with Crippen LogP contribution in [0.25, 0.3) is 0 Å². The molecule has 0 aromatic carbocycles. The zero-order valence-corrected chi connectivity index (χ0v) is 33.5. The van der Waals surface area contributed by atoms with E-state index in [1.165, 1.54) is 19.3 Å². The second-order valence-electron chi connectivity index (χ2n) is 14.7. The summed E-state index contributed by atoms with van der Waals surface area (Å²) in [4.78, 5) is 47.5. The first-order valence-electron chi connectivity index (χ1n) is 20.1. The summed E-state index contributed by atoms with van der Waals surface area (Å²) in [5.74, 6) is -0.952. The van der Waals surface area contributed by atoms with Crippen molar-refractivity contribution in [3.05, 3.63) is 12.2 Å². The Morgan fingerprint density at radius 3 is 2.11 bits per heavy atom. The fraction of sp³-hybridized carbons (Fsp3) is 0.872. The Labute approximate surface area is 317 Å². The Morgan fingerprint density at radius 1 is 0.849 bits per heavy atom. The molecule has 0 saturated heterocycles. The maximum Gasteiger partial charge on any atom is 0.472 e. The van der Waals surface area contributed by atoms with E-state index in [0.29, 0.717) is 32.1 Å². The van der Waals surface area contributed by atoms with E-state index in [1.54, 1.807) is 12.2 Å². The molecular weight excluding hydrogens is 707 g/mol. The Hall–Kier alpha value is -1.70. The number of carbonyl (C=O) groups is 3. The van der Waals surface area contributed by atoms with Gasteiger partial charge < -0.3 is 34.8 Å². The molecule has 1 aliphatic carbocycles. The summed E-state index contributed by atoms with van der Waals surface area (Å²) in [6, 6.07) is 0. The summed E-state index contributed by atoms with van der Waals surface area (Å²) in [6.07, 6.45) is 15.4. The second-order valence-corrected chi connectivity index (χ2v) is 16.1. The lowest BCUT2D eigenvalue weighted by atomic mass is 9.88. The van der Waals surface area contributed by atoms with Crippen molar-refractivity contribution < 1.29 is 62.8 Å². The summed E-state index contributed by atoms with van der Waals surface area (Å²) in [5, 5.41) is 39.0. The van der Waals surface area contributed by atoms with Crippen LogP contribution in [-0.2, 0) is 37.5 Å². The molecule has 0 spiro atoms. The molecule has 0 radical (unpaired) electrons. The molecule has 8 atom stereocenters. The first kappa shape index (κ1) is 49.3. The summed E-state index contributed by atoms with van der Waals surface area (Å²) < 4.78 is 32.6. The normalized spacial score (nSPS) is 21.0. The molecule has 53 heavy (non-hydrogen) atoms. The van der Waals surface area contributed by atoms with Gasteiger partial charge in [-0.1, -0.05) is 116 Å². The Kier molecular flexibility index (Phi) is 27.5. The molecule has 1 saturated carbocycles. The number of phosphoric acid groups is 1. The van der Waals surface area contributed by atoms with Crippen LogP contribution in [0, 0.1) is 17.8 Å². The molecule has 0 heterocycles. The molecule has 0 aromatic heterocycles. The number of ketones is 1. The van der Waals surface area contributed by atoms with Crippen molar-refractivity contribution >= 4 is 25.5 Å². The molecule has 0 aromatic rings. The quantitative estimate of drug-likeness (QED) is 0.0209. The topological polar surface area (TPSA) is 206 Å². The number of hydrogen-bond donors (Lipinski definition) is 5. The largest absolute Gasteiger partial charge is 0.472 e. The van der Waals surface area contributed by atoms with Crippen LogP contribution >= 0.6 is 7.82 Å². The van der Waals surface area contributed by atoms with Gasteiger partial charge in [-0.05, 0) is 37.5 Å². The van der Waals surface area contributed by atoms with Crippen LogP contribution in [0.15, 0.2) is 12.2 Å². The SMILES string of the molecule is CCCCC[C@H](O)/C=C/[C@H]1C(=O)C[C@H](O)[C@@H]1CCCCCCC(=O)OC[C@H](COP(=O)(O)OC[C@@H](O)CO)OC(=O)CCCCCCCCC(C)CC. The molecule has 0 aliphatic heterocycles. The van der Waals surface area contributed by atoms with Crippen LogP contribution < -0.4 is 0 Å². The number of carbonyl (C=O) groups excluding carboxylic acids is 3. The number of unbranched alkanes of at least 4 members (excludes halogenated alkanes) is 10. The van der Waals surface area contributed by atoms with Crippen LogP contribution in [0.5, 0.6) is 0 Å². The van der Waals surface area contributed by atoms with Gasteiger partial charge in [0.15, 0.2) is 6.10 Å². The van der Waals surface area contributed by atoms with Crippen LogP contribution in [-0.4, -0.2) is 93.9 Å². The van der Waals surface area contributed by atoms with Gasteiger partial charge in [-0.3, -0.25) is 23.4 Å². The van der Waals surface area contributed by atoms with Crippen LogP contribution in [0.2, 0.25) is 0 Å². The van der Waals surface area contributed by atoms with Crippen LogP contribution in [0.1, 0.15) is 149 Å². The average Bonchev–Trinajstić information content (AvgIpc) is 3.40. The minimum atomic E-state index is -4.67. The molecule has 310 valence electrons. The van der Waals surface area contributed by atoms with Crippen molar-refractivity contribution in [3.8, 4) is 0 Å². The van der Waals surface area contributed by atoms with E-state index < -0.39 is 76.5 Å². The molecule has 1 aliphatic rings. The standard InChI is InChI=1S/C39H71O13P/c1-4-6-13-19-31(41)23-24-35-34(36(43)25-37(35)44)20-15-11-12-16-21-38(45)49-28-33(29-51-53(47,48)50-27-32(42)26-40)52-39(46)22-17-10-8-7-9-14-18-30(3)5-2/h23-24,30-36,40-43H,4-22,25-29H2,1-3H3,(H,47,48)/b24-23+/t30?,31-,32-,33+,34+,35+,36-/m0/s1. The third-order valence-corrected chi connectivity index (χ3v) is 10.8. The highest BCUT2D eigenvalue weighted by Crippen LogP contribution is 2.43. The zero-order valence-electron chi connectivity index (χ0n) is 32.6. The van der Waals surface area contributed by atoms with Crippen molar-refractivity contribution in [3.63, 3.8) is 0 Å². The van der Waals surface area contributed by atoms with Gasteiger partial charge in [0, 0.05) is 25.2 Å². The molecule has 2 unspecified atom stereocenters. The molecule has 0 amide bonds. The van der Waals surface area contributed by atoms with Gasteiger partial charge in [0.05, 0.1) is 32.0 Å². The number of phosphoric ester groups is 1. The van der Waals surface area contributed by atoms with Crippen molar-refractivity contribution in [1.82, 2.24) is 0 Å². The number of Topliss-reactive ketones (excluding diaryl/α,β-unsaturated/α-hetero) is 1. The van der Waals surface area contributed by atoms with E-state index >= 15 is 0 Å². The van der Waals surface area contributed by atoms with Crippen LogP contribution in [0.4, 0.5) is 0 Å². The second kappa shape index (κ2) is 29.6. The predicted octanol–water partition coefficient (Wildman–Crippen LogP) is 6.50. The lowest BCUT2D eigenvalue weighted by Crippen LogP contribution is -2.29. The molecule has 0 bridgehead atoms. The van der Waals surface area contributed by atoms with Crippen molar-refractivity contribution in [2.24, 2.45) is 17.8 Å². The lowest BCUT2D eigenvalue weighted by Gasteiger charge is -2.20. The van der Waals surface area contributed by atoms with Gasteiger partial charge in [0.1, 0.15) is 18.5 Å². The molecular formula is C39H71O13P. The fourth-order valence-corrected chi connectivity index (χ4v) is 7.07. The van der Waals surface area contributed by atoms with Gasteiger partial charge in [0.25, 0.3) is 0 Å². The first-order valence-corrected chi connectivity index (χ1v) is 21.6. The molecule has 1 rings (SSSR count). The Bertz CT molecular complexity index is 1070. The van der Waals surface area contributed by atoms with Crippen molar-refractivity contribution in [2.45, 2.75) is 174 Å². The van der Waals surface area contributed by atoms with Crippen molar-refractivity contribution in [2.75, 3.05) is 26.4 Å². The van der Waals surface area contributed by atoms with Gasteiger partial charge in [0.2, 0.25) is 0 Å². The van der Waals surface area contributed by atoms with Crippen LogP contribution in [0.3, 0.4) is 0 Å². The Balaban J connectivity index is 2.49. The van der Waals surface area contributed by atoms with Gasteiger partial charge in [-0.2, -0.15) is 0 Å². The number of esters is 2. The van der Waals surface area contributed by atoms with E-state index in [2.05, 4.69) is 25.3 Å². The molecule has 13 nitrogen and oxygen atoms in total. The first-order chi connectivity index (χ1) is 25.3. The highest BCUT2D eigenvalue weighted by atomic mass is 31.2. The highest BCUT2D eigenvalue weighted by molar-refractivity contribution is 7.47. The van der Waals surface area contributed by atoms with Crippen molar-refractivity contribution in [1.29, 1.82) is 0 Å². The minimum Gasteiger partial charge on any atom is -0.462 e.